The number of hydrogen-bond donors (Lipinski definition) is 4. The van der Waals surface area contributed by atoms with Crippen molar-refractivity contribution in [3.05, 3.63) is 78.8 Å². The maximum atomic E-state index is 12.5. The molecule has 24 heavy (non-hydrogen) atoms. The summed E-state index contributed by atoms with van der Waals surface area (Å²) >= 11 is 0. The summed E-state index contributed by atoms with van der Waals surface area (Å²) in [6, 6.07) is 8.94. The number of nitrogens with two attached hydrogens (primary N) is 3. The minimum Gasteiger partial charge on any atom is -0.405 e. The second kappa shape index (κ2) is 7.64. The average molecular weight is 321 g/mol. The van der Waals surface area contributed by atoms with Gasteiger partial charge in [0.2, 0.25) is 0 Å². The minimum atomic E-state index is -0.386. The Morgan fingerprint density at radius 3 is 2.50 bits per heavy atom. The van der Waals surface area contributed by atoms with Crippen molar-refractivity contribution >= 4 is 17.4 Å². The number of anilines is 2. The maximum absolute atomic E-state index is 12.5. The molecule has 0 saturated carbocycles. The van der Waals surface area contributed by atoms with E-state index in [0.29, 0.717) is 11.4 Å². The van der Waals surface area contributed by atoms with Gasteiger partial charge < -0.3 is 22.5 Å². The fourth-order valence-electron chi connectivity index (χ4n) is 2.06. The summed E-state index contributed by atoms with van der Waals surface area (Å²) in [6.07, 6.45) is 7.64. The summed E-state index contributed by atoms with van der Waals surface area (Å²) in [5.41, 5.74) is 20.0. The van der Waals surface area contributed by atoms with E-state index in [9.17, 15) is 4.79 Å². The van der Waals surface area contributed by atoms with Crippen LogP contribution in [0.15, 0.2) is 73.2 Å². The predicted octanol–water partition coefficient (Wildman–Crippen LogP) is 2.19. The first-order chi connectivity index (χ1) is 11.5. The van der Waals surface area contributed by atoms with Gasteiger partial charge in [-0.15, -0.1) is 0 Å². The van der Waals surface area contributed by atoms with Gasteiger partial charge in [0.15, 0.2) is 0 Å². The topological polar surface area (TPSA) is 120 Å². The highest BCUT2D eigenvalue weighted by Gasteiger charge is 2.13. The monoisotopic (exact) mass is 321 g/mol. The van der Waals surface area contributed by atoms with Crippen LogP contribution < -0.4 is 22.5 Å². The Kier molecular flexibility index (Phi) is 5.36. The number of benzene rings is 1. The zero-order chi connectivity index (χ0) is 17.5. The van der Waals surface area contributed by atoms with Crippen LogP contribution in [0.5, 0.6) is 0 Å². The van der Waals surface area contributed by atoms with E-state index in [-0.39, 0.29) is 17.3 Å². The Hall–Kier alpha value is -3.54. The van der Waals surface area contributed by atoms with Crippen molar-refractivity contribution in [1.29, 1.82) is 0 Å². The zero-order valence-corrected chi connectivity index (χ0v) is 13.1. The van der Waals surface area contributed by atoms with Crippen molar-refractivity contribution in [3.8, 4) is 11.1 Å². The second-order valence-electron chi connectivity index (χ2n) is 4.95. The number of hydrogen-bond acceptors (Lipinski definition) is 5. The molecule has 122 valence electrons. The van der Waals surface area contributed by atoms with E-state index in [4.69, 9.17) is 17.2 Å². The molecule has 0 saturated heterocycles. The molecule has 6 heteroatoms. The van der Waals surface area contributed by atoms with Crippen molar-refractivity contribution in [2.75, 3.05) is 11.5 Å². The molecule has 0 radical (unpaired) electrons. The first-order valence-electron chi connectivity index (χ1n) is 7.19. The Balaban J connectivity index is 2.34. The molecule has 0 unspecified atom stereocenters. The number of rotatable bonds is 5. The van der Waals surface area contributed by atoms with Crippen molar-refractivity contribution in [3.63, 3.8) is 0 Å². The smallest absolute Gasteiger partial charge is 0.259 e. The van der Waals surface area contributed by atoms with E-state index in [2.05, 4.69) is 16.9 Å². The van der Waals surface area contributed by atoms with Crippen LogP contribution in [-0.4, -0.2) is 10.9 Å². The largest absolute Gasteiger partial charge is 0.405 e. The number of carbonyl (C=O) groups excluding carboxylic acids is 1. The zero-order valence-electron chi connectivity index (χ0n) is 13.1. The molecule has 0 spiro atoms. The van der Waals surface area contributed by atoms with Crippen LogP contribution in [0, 0.1) is 0 Å². The minimum absolute atomic E-state index is 0.140. The van der Waals surface area contributed by atoms with Crippen LogP contribution >= 0.6 is 0 Å². The molecular weight excluding hydrogens is 302 g/mol. The molecule has 1 heterocycles. The predicted molar refractivity (Wildman–Crippen MR) is 97.6 cm³/mol. The Bertz CT molecular complexity index is 807. The van der Waals surface area contributed by atoms with E-state index in [1.54, 1.807) is 42.6 Å². The highest BCUT2D eigenvalue weighted by atomic mass is 16.1. The summed E-state index contributed by atoms with van der Waals surface area (Å²) in [5.74, 6) is -0.245. The van der Waals surface area contributed by atoms with Crippen molar-refractivity contribution in [2.45, 2.75) is 0 Å². The first-order valence-corrected chi connectivity index (χ1v) is 7.19. The second-order valence-corrected chi connectivity index (χ2v) is 4.95. The van der Waals surface area contributed by atoms with Crippen molar-refractivity contribution < 1.29 is 4.79 Å². The van der Waals surface area contributed by atoms with Crippen LogP contribution in [0.2, 0.25) is 0 Å². The van der Waals surface area contributed by atoms with Gasteiger partial charge in [0, 0.05) is 23.1 Å². The van der Waals surface area contributed by atoms with Crippen LogP contribution in [0.1, 0.15) is 10.4 Å². The molecule has 1 amide bonds. The molecule has 1 aromatic heterocycles. The number of carbonyl (C=O) groups is 1. The number of amides is 1. The van der Waals surface area contributed by atoms with E-state index in [1.807, 2.05) is 12.1 Å². The van der Waals surface area contributed by atoms with Gasteiger partial charge in [0.05, 0.1) is 5.56 Å². The van der Waals surface area contributed by atoms with Gasteiger partial charge in [-0.05, 0) is 42.1 Å². The lowest BCUT2D eigenvalue weighted by atomic mass is 10.0. The first kappa shape index (κ1) is 16.8. The molecule has 2 rings (SSSR count). The maximum Gasteiger partial charge on any atom is 0.259 e. The van der Waals surface area contributed by atoms with Crippen LogP contribution in [-0.2, 0) is 0 Å². The lowest BCUT2D eigenvalue weighted by Crippen LogP contribution is -2.23. The standard InChI is InChI=1S/C18H19N5O/c1-2-3-15(8-9-19)23-18(24)16-10-13(11-22-17(16)21)12-4-6-14(20)7-5-12/h2-11H,1,19-20H2,(H2,21,22)(H,23,24)/b9-8-,15-3+. The Morgan fingerprint density at radius 2 is 1.88 bits per heavy atom. The molecule has 0 bridgehead atoms. The summed E-state index contributed by atoms with van der Waals surface area (Å²) in [5, 5.41) is 2.71. The fourth-order valence-corrected chi connectivity index (χ4v) is 2.06. The van der Waals surface area contributed by atoms with Crippen LogP contribution in [0.3, 0.4) is 0 Å². The van der Waals surface area contributed by atoms with Gasteiger partial charge in [-0.2, -0.15) is 0 Å². The lowest BCUT2D eigenvalue weighted by molar-refractivity contribution is 0.0968. The van der Waals surface area contributed by atoms with E-state index >= 15 is 0 Å². The van der Waals surface area contributed by atoms with Gasteiger partial charge in [-0.1, -0.05) is 24.8 Å². The molecule has 0 atom stereocenters. The van der Waals surface area contributed by atoms with E-state index in [1.165, 1.54) is 6.20 Å². The Morgan fingerprint density at radius 1 is 1.17 bits per heavy atom. The molecule has 7 N–H and O–H groups in total. The fraction of sp³-hybridized carbons (Fsp3) is 0. The highest BCUT2D eigenvalue weighted by molar-refractivity contribution is 6.00. The van der Waals surface area contributed by atoms with Crippen LogP contribution in [0.4, 0.5) is 11.5 Å². The molecular formula is C18H19N5O. The molecule has 1 aromatic carbocycles. The van der Waals surface area contributed by atoms with Gasteiger partial charge in [0.25, 0.3) is 5.91 Å². The summed E-state index contributed by atoms with van der Waals surface area (Å²) in [7, 11) is 0. The third-order valence-corrected chi connectivity index (χ3v) is 3.24. The van der Waals surface area contributed by atoms with Gasteiger partial charge >= 0.3 is 0 Å². The average Bonchev–Trinajstić information content (AvgIpc) is 2.56. The normalized spacial score (nSPS) is 11.4. The number of nitrogens with one attached hydrogen (secondary N) is 1. The summed E-state index contributed by atoms with van der Waals surface area (Å²) < 4.78 is 0. The number of nitrogens with zero attached hydrogens (tertiary/aromatic N) is 1. The third kappa shape index (κ3) is 4.01. The molecule has 6 nitrogen and oxygen atoms in total. The van der Waals surface area contributed by atoms with Crippen molar-refractivity contribution in [1.82, 2.24) is 10.3 Å². The molecule has 0 aliphatic rings. The SMILES string of the molecule is C=C/C=C(\C=C/N)NC(=O)c1cc(-c2ccc(N)cc2)cnc1N. The number of pyridine rings is 1. The number of allylic oxidation sites excluding steroid dienone is 3. The number of nitrogen functional groups attached to an aromatic ring is 2. The molecule has 2 aromatic rings. The highest BCUT2D eigenvalue weighted by Crippen LogP contribution is 2.23. The van der Waals surface area contributed by atoms with E-state index in [0.717, 1.165) is 11.1 Å². The number of aromatic nitrogens is 1. The third-order valence-electron chi connectivity index (χ3n) is 3.24. The molecule has 0 aliphatic heterocycles. The van der Waals surface area contributed by atoms with Gasteiger partial charge in [0.1, 0.15) is 5.82 Å². The summed E-state index contributed by atoms with van der Waals surface area (Å²) in [4.78, 5) is 16.6. The Labute approximate surface area is 140 Å². The lowest BCUT2D eigenvalue weighted by Gasteiger charge is -2.10. The summed E-state index contributed by atoms with van der Waals surface area (Å²) in [6.45, 7) is 3.59. The van der Waals surface area contributed by atoms with Crippen LogP contribution in [0.25, 0.3) is 11.1 Å². The molecule has 0 fully saturated rings. The van der Waals surface area contributed by atoms with Crippen molar-refractivity contribution in [2.24, 2.45) is 5.73 Å². The quantitative estimate of drug-likeness (QED) is 0.497. The molecule has 0 aliphatic carbocycles. The van der Waals surface area contributed by atoms with E-state index < -0.39 is 0 Å². The van der Waals surface area contributed by atoms with Gasteiger partial charge in [-0.3, -0.25) is 4.79 Å². The van der Waals surface area contributed by atoms with Gasteiger partial charge in [-0.25, -0.2) is 4.98 Å².